The van der Waals surface area contributed by atoms with Gasteiger partial charge in [0.1, 0.15) is 0 Å². The summed E-state index contributed by atoms with van der Waals surface area (Å²) in [5, 5.41) is 26.9. The Balaban J connectivity index is 2.73. The number of Topliss-reactive ketones (excluding diaryl/α,β-unsaturated/α-hetero) is 1. The first kappa shape index (κ1) is 11.2. The standard InChI is InChI=1S/C9H8NO5/c11-8(9(12)13)5-6-1-3-7(4-2-6)10(14)15/h1-4,14H,5H2,(H,12,13)/q-1. The SMILES string of the molecule is O=C(O)C(=O)Cc1ccc(N([O-])O)cc1. The predicted molar refractivity (Wildman–Crippen MR) is 50.4 cm³/mol. The minimum atomic E-state index is -1.49. The zero-order chi connectivity index (χ0) is 11.4. The molecule has 80 valence electrons. The van der Waals surface area contributed by atoms with Crippen LogP contribution in [0.15, 0.2) is 24.3 Å². The van der Waals surface area contributed by atoms with Gasteiger partial charge in [-0.1, -0.05) is 12.1 Å². The van der Waals surface area contributed by atoms with Crippen LogP contribution in [0.4, 0.5) is 5.69 Å². The zero-order valence-corrected chi connectivity index (χ0v) is 7.58. The summed E-state index contributed by atoms with van der Waals surface area (Å²) in [6.45, 7) is 0. The van der Waals surface area contributed by atoms with Gasteiger partial charge in [-0.15, -0.1) is 0 Å². The number of hydrogen-bond donors (Lipinski definition) is 2. The van der Waals surface area contributed by atoms with Crippen LogP contribution in [-0.4, -0.2) is 22.1 Å². The van der Waals surface area contributed by atoms with Crippen molar-refractivity contribution in [1.29, 1.82) is 0 Å². The Kier molecular flexibility index (Phi) is 3.37. The number of benzene rings is 1. The molecule has 0 saturated heterocycles. The summed E-state index contributed by atoms with van der Waals surface area (Å²) in [6, 6.07) is 5.38. The number of carbonyl (C=O) groups excluding carboxylic acids is 1. The molecule has 0 unspecified atom stereocenters. The first-order valence-corrected chi connectivity index (χ1v) is 4.02. The van der Waals surface area contributed by atoms with Crippen molar-refractivity contribution in [2.24, 2.45) is 0 Å². The molecule has 0 saturated carbocycles. The summed E-state index contributed by atoms with van der Waals surface area (Å²) in [5.41, 5.74) is 0.481. The molecule has 0 atom stereocenters. The molecule has 0 spiro atoms. The van der Waals surface area contributed by atoms with Crippen LogP contribution in [0.25, 0.3) is 0 Å². The Hall–Kier alpha value is -1.92. The molecule has 0 aromatic heterocycles. The molecule has 6 heteroatoms. The van der Waals surface area contributed by atoms with E-state index in [2.05, 4.69) is 0 Å². The van der Waals surface area contributed by atoms with Crippen molar-refractivity contribution in [3.05, 3.63) is 35.0 Å². The molecule has 0 heterocycles. The number of carboxylic acid groups (broad SMARTS) is 1. The van der Waals surface area contributed by atoms with E-state index in [4.69, 9.17) is 10.3 Å². The molecule has 0 aliphatic heterocycles. The quantitative estimate of drug-likeness (QED) is 0.556. The number of ketones is 1. The van der Waals surface area contributed by atoms with E-state index in [0.29, 0.717) is 5.56 Å². The van der Waals surface area contributed by atoms with Crippen molar-refractivity contribution in [3.8, 4) is 0 Å². The smallest absolute Gasteiger partial charge is 0.372 e. The summed E-state index contributed by atoms with van der Waals surface area (Å²) < 4.78 is 0. The molecule has 0 bridgehead atoms. The molecule has 1 aromatic rings. The Morgan fingerprint density at radius 1 is 1.27 bits per heavy atom. The number of carbonyl (C=O) groups is 2. The van der Waals surface area contributed by atoms with Crippen molar-refractivity contribution in [2.75, 3.05) is 5.23 Å². The summed E-state index contributed by atoms with van der Waals surface area (Å²) in [6.07, 6.45) is -0.236. The average molecular weight is 210 g/mol. The van der Waals surface area contributed by atoms with Crippen LogP contribution in [0.1, 0.15) is 5.56 Å². The lowest BCUT2D eigenvalue weighted by molar-refractivity contribution is -0.148. The van der Waals surface area contributed by atoms with Gasteiger partial charge in [0, 0.05) is 6.42 Å². The molecular formula is C9H8NO5-. The van der Waals surface area contributed by atoms with Gasteiger partial charge >= 0.3 is 5.97 Å². The third-order valence-electron chi connectivity index (χ3n) is 1.76. The molecule has 1 rings (SSSR count). The van der Waals surface area contributed by atoms with Crippen LogP contribution in [0, 0.1) is 5.21 Å². The second-order valence-corrected chi connectivity index (χ2v) is 2.84. The minimum Gasteiger partial charge on any atom is -0.733 e. The van der Waals surface area contributed by atoms with Gasteiger partial charge in [-0.05, 0) is 17.7 Å². The predicted octanol–water partition coefficient (Wildman–Crippen LogP) is 0.576. The Bertz CT molecular complexity index is 371. The lowest BCUT2D eigenvalue weighted by Crippen LogP contribution is -2.15. The van der Waals surface area contributed by atoms with E-state index in [1.165, 1.54) is 24.3 Å². The van der Waals surface area contributed by atoms with Gasteiger partial charge in [-0.3, -0.25) is 10.0 Å². The summed E-state index contributed by atoms with van der Waals surface area (Å²) in [7, 11) is 0. The summed E-state index contributed by atoms with van der Waals surface area (Å²) in [4.78, 5) is 21.0. The normalized spacial score (nSPS) is 9.73. The first-order chi connectivity index (χ1) is 7.00. The van der Waals surface area contributed by atoms with E-state index < -0.39 is 11.8 Å². The molecule has 0 aliphatic rings. The molecule has 15 heavy (non-hydrogen) atoms. The largest absolute Gasteiger partial charge is 0.733 e. The second-order valence-electron chi connectivity index (χ2n) is 2.84. The van der Waals surface area contributed by atoms with E-state index >= 15 is 0 Å². The van der Waals surface area contributed by atoms with Gasteiger partial charge in [0.05, 0.1) is 5.69 Å². The fraction of sp³-hybridized carbons (Fsp3) is 0.111. The topological polar surface area (TPSA) is 101 Å². The Labute approximate surface area is 84.9 Å². The van der Waals surface area contributed by atoms with E-state index in [1.54, 1.807) is 0 Å². The van der Waals surface area contributed by atoms with Gasteiger partial charge in [0.25, 0.3) is 0 Å². The monoisotopic (exact) mass is 210 g/mol. The third kappa shape index (κ3) is 3.04. The molecule has 2 N–H and O–H groups in total. The van der Waals surface area contributed by atoms with Crippen LogP contribution < -0.4 is 5.23 Å². The summed E-state index contributed by atoms with van der Waals surface area (Å²) >= 11 is 0. The van der Waals surface area contributed by atoms with Crippen molar-refractivity contribution < 1.29 is 19.9 Å². The van der Waals surface area contributed by atoms with E-state index in [1.807, 2.05) is 0 Å². The van der Waals surface area contributed by atoms with Crippen LogP contribution in [0.5, 0.6) is 0 Å². The van der Waals surface area contributed by atoms with E-state index in [-0.39, 0.29) is 17.3 Å². The number of nitrogens with zero attached hydrogens (tertiary/aromatic N) is 1. The zero-order valence-electron chi connectivity index (χ0n) is 7.58. The lowest BCUT2D eigenvalue weighted by atomic mass is 10.1. The molecule has 6 nitrogen and oxygen atoms in total. The Morgan fingerprint density at radius 3 is 2.20 bits per heavy atom. The van der Waals surface area contributed by atoms with Crippen molar-refractivity contribution in [2.45, 2.75) is 6.42 Å². The molecule has 1 aromatic carbocycles. The van der Waals surface area contributed by atoms with Crippen LogP contribution in [-0.2, 0) is 16.0 Å². The maximum Gasteiger partial charge on any atom is 0.372 e. The van der Waals surface area contributed by atoms with Gasteiger partial charge in [-0.25, -0.2) is 4.79 Å². The fourth-order valence-corrected chi connectivity index (χ4v) is 1.00. The highest BCUT2D eigenvalue weighted by atomic mass is 16.8. The molecular weight excluding hydrogens is 202 g/mol. The summed E-state index contributed by atoms with van der Waals surface area (Å²) in [5.74, 6) is -2.42. The highest BCUT2D eigenvalue weighted by Gasteiger charge is 2.11. The number of anilines is 1. The van der Waals surface area contributed by atoms with E-state index in [0.717, 1.165) is 0 Å². The number of rotatable bonds is 4. The van der Waals surface area contributed by atoms with Gasteiger partial charge < -0.3 is 15.5 Å². The first-order valence-electron chi connectivity index (χ1n) is 4.02. The highest BCUT2D eigenvalue weighted by Crippen LogP contribution is 2.12. The number of aliphatic carboxylic acids is 1. The van der Waals surface area contributed by atoms with Gasteiger partial charge in [-0.2, -0.15) is 0 Å². The van der Waals surface area contributed by atoms with Gasteiger partial charge in [0.2, 0.25) is 5.78 Å². The van der Waals surface area contributed by atoms with Crippen LogP contribution >= 0.6 is 0 Å². The molecule has 0 fully saturated rings. The van der Waals surface area contributed by atoms with Crippen molar-refractivity contribution >= 4 is 17.4 Å². The number of hydrogen-bond acceptors (Lipinski definition) is 5. The molecule has 0 amide bonds. The lowest BCUT2D eigenvalue weighted by Gasteiger charge is -2.21. The maximum absolute atomic E-state index is 10.8. The van der Waals surface area contributed by atoms with Crippen LogP contribution in [0.3, 0.4) is 0 Å². The number of carboxylic acids is 1. The van der Waals surface area contributed by atoms with Gasteiger partial charge in [0.15, 0.2) is 0 Å². The Morgan fingerprint density at radius 2 is 1.80 bits per heavy atom. The maximum atomic E-state index is 10.8. The molecule has 0 radical (unpaired) electrons. The minimum absolute atomic E-state index is 0.0153. The third-order valence-corrected chi connectivity index (χ3v) is 1.76. The van der Waals surface area contributed by atoms with Crippen molar-refractivity contribution in [1.82, 2.24) is 0 Å². The van der Waals surface area contributed by atoms with Crippen LogP contribution in [0.2, 0.25) is 0 Å². The van der Waals surface area contributed by atoms with E-state index in [9.17, 15) is 14.8 Å². The second kappa shape index (κ2) is 4.54. The highest BCUT2D eigenvalue weighted by molar-refractivity contribution is 6.33. The average Bonchev–Trinajstić information content (AvgIpc) is 2.18. The molecule has 0 aliphatic carbocycles. The fourth-order valence-electron chi connectivity index (χ4n) is 1.00. The van der Waals surface area contributed by atoms with Crippen molar-refractivity contribution in [3.63, 3.8) is 0 Å².